The number of nitrogens with one attached hydrogen (secondary N) is 1. The van der Waals surface area contributed by atoms with Crippen molar-refractivity contribution in [3.05, 3.63) is 82.8 Å². The number of carbonyl (C=O) groups excluding carboxylic acids is 3. The molecule has 1 aromatic carbocycles. The third kappa shape index (κ3) is 4.16. The third-order valence-electron chi connectivity index (χ3n) is 6.49. The van der Waals surface area contributed by atoms with E-state index in [0.29, 0.717) is 30.5 Å². The maximum Gasteiger partial charge on any atom is 0.325 e. The average Bonchev–Trinajstić information content (AvgIpc) is 3.49. The van der Waals surface area contributed by atoms with Crippen LogP contribution in [-0.4, -0.2) is 33.7 Å². The molecule has 0 aliphatic carbocycles. The molecule has 7 nitrogen and oxygen atoms in total. The van der Waals surface area contributed by atoms with Crippen molar-refractivity contribution in [1.82, 2.24) is 14.8 Å². The highest BCUT2D eigenvalue weighted by molar-refractivity contribution is 6.11. The van der Waals surface area contributed by atoms with Crippen molar-refractivity contribution >= 4 is 17.7 Å². The number of hydrogen-bond donors (Lipinski definition) is 1. The largest absolute Gasteiger partial charge is 0.467 e. The second kappa shape index (κ2) is 9.29. The van der Waals surface area contributed by atoms with Gasteiger partial charge in [0.05, 0.1) is 19.4 Å². The van der Waals surface area contributed by atoms with Gasteiger partial charge in [0.15, 0.2) is 5.78 Å². The van der Waals surface area contributed by atoms with Crippen LogP contribution >= 0.6 is 0 Å². The van der Waals surface area contributed by atoms with Gasteiger partial charge in [0, 0.05) is 17.0 Å². The van der Waals surface area contributed by atoms with Crippen molar-refractivity contribution in [1.29, 1.82) is 0 Å². The molecule has 0 spiro atoms. The number of furan rings is 1. The van der Waals surface area contributed by atoms with Crippen LogP contribution in [-0.2, 0) is 16.9 Å². The molecule has 1 aliphatic heterocycles. The first kappa shape index (κ1) is 23.5. The van der Waals surface area contributed by atoms with Crippen LogP contribution in [0.1, 0.15) is 59.3 Å². The molecule has 1 unspecified atom stereocenters. The number of aromatic nitrogens is 1. The maximum absolute atomic E-state index is 13.5. The predicted molar refractivity (Wildman–Crippen MR) is 124 cm³/mol. The number of halogens is 1. The lowest BCUT2D eigenvalue weighted by atomic mass is 9.84. The Labute approximate surface area is 197 Å². The fraction of sp³-hybridized carbons (Fsp3) is 0.346. The zero-order valence-electron chi connectivity index (χ0n) is 19.6. The summed E-state index contributed by atoms with van der Waals surface area (Å²) in [5.41, 5.74) is 1.27. The summed E-state index contributed by atoms with van der Waals surface area (Å²) in [5, 5.41) is 2.80. The second-order valence-corrected chi connectivity index (χ2v) is 8.71. The Balaban J connectivity index is 1.59. The van der Waals surface area contributed by atoms with Crippen molar-refractivity contribution in [3.8, 4) is 0 Å². The molecule has 2 aromatic heterocycles. The van der Waals surface area contributed by atoms with E-state index in [1.807, 2.05) is 31.4 Å². The summed E-state index contributed by atoms with van der Waals surface area (Å²) in [4.78, 5) is 40.6. The van der Waals surface area contributed by atoms with Gasteiger partial charge in [-0.3, -0.25) is 14.5 Å². The number of amides is 3. The van der Waals surface area contributed by atoms with Gasteiger partial charge in [-0.15, -0.1) is 0 Å². The number of urea groups is 1. The summed E-state index contributed by atoms with van der Waals surface area (Å²) in [7, 11) is 0. The Morgan fingerprint density at radius 2 is 1.88 bits per heavy atom. The minimum Gasteiger partial charge on any atom is -0.467 e. The topological polar surface area (TPSA) is 84.6 Å². The van der Waals surface area contributed by atoms with Crippen LogP contribution in [0.2, 0.25) is 0 Å². The zero-order valence-corrected chi connectivity index (χ0v) is 19.6. The fourth-order valence-corrected chi connectivity index (χ4v) is 4.57. The lowest BCUT2D eigenvalue weighted by Crippen LogP contribution is -2.44. The Bertz CT molecular complexity index is 1210. The molecule has 0 radical (unpaired) electrons. The standard InChI is InChI=1S/C26H28FN3O4/c1-4-5-12-26(19-8-10-20(27)11-9-19)24(32)30(25(33)28-26)16-23(31)22-14-17(2)29(18(22)3)15-21-7-6-13-34-21/h6-11,13-14H,4-5,12,15-16H2,1-3H3,(H,28,33). The highest BCUT2D eigenvalue weighted by Gasteiger charge is 2.52. The highest BCUT2D eigenvalue weighted by atomic mass is 19.1. The van der Waals surface area contributed by atoms with Gasteiger partial charge in [-0.1, -0.05) is 31.9 Å². The van der Waals surface area contributed by atoms with Crippen LogP contribution < -0.4 is 5.32 Å². The van der Waals surface area contributed by atoms with E-state index < -0.39 is 23.3 Å². The summed E-state index contributed by atoms with van der Waals surface area (Å²) in [6, 6.07) is 10.4. The van der Waals surface area contributed by atoms with E-state index in [1.165, 1.54) is 24.3 Å². The smallest absolute Gasteiger partial charge is 0.325 e. The number of unbranched alkanes of at least 4 members (excludes halogenated alkanes) is 1. The van der Waals surface area contributed by atoms with E-state index in [4.69, 9.17) is 4.42 Å². The van der Waals surface area contributed by atoms with Gasteiger partial charge in [-0.2, -0.15) is 0 Å². The monoisotopic (exact) mass is 465 g/mol. The second-order valence-electron chi connectivity index (χ2n) is 8.71. The molecular formula is C26H28FN3O4. The molecule has 3 heterocycles. The summed E-state index contributed by atoms with van der Waals surface area (Å²) >= 11 is 0. The number of imide groups is 1. The number of benzene rings is 1. The molecule has 1 N–H and O–H groups in total. The summed E-state index contributed by atoms with van der Waals surface area (Å²) in [6.45, 7) is 5.82. The van der Waals surface area contributed by atoms with Crippen LogP contribution in [0.5, 0.6) is 0 Å². The molecule has 0 bridgehead atoms. The Kier molecular flexibility index (Phi) is 6.41. The highest BCUT2D eigenvalue weighted by Crippen LogP contribution is 2.34. The Morgan fingerprint density at radius 1 is 1.15 bits per heavy atom. The molecule has 3 amide bonds. The fourth-order valence-electron chi connectivity index (χ4n) is 4.57. The van der Waals surface area contributed by atoms with Gasteiger partial charge in [-0.05, 0) is 56.2 Å². The molecule has 1 saturated heterocycles. The molecule has 1 aliphatic rings. The Morgan fingerprint density at radius 3 is 2.53 bits per heavy atom. The molecule has 0 saturated carbocycles. The molecule has 1 fully saturated rings. The van der Waals surface area contributed by atoms with Crippen LogP contribution in [0.3, 0.4) is 0 Å². The average molecular weight is 466 g/mol. The number of rotatable bonds is 9. The molecule has 3 aromatic rings. The number of carbonyl (C=O) groups is 3. The van der Waals surface area contributed by atoms with Crippen molar-refractivity contribution in [2.45, 2.75) is 52.1 Å². The predicted octanol–water partition coefficient (Wildman–Crippen LogP) is 4.71. The first-order valence-corrected chi connectivity index (χ1v) is 11.4. The summed E-state index contributed by atoms with van der Waals surface area (Å²) < 4.78 is 20.9. The van der Waals surface area contributed by atoms with Crippen molar-refractivity contribution in [2.75, 3.05) is 6.54 Å². The van der Waals surface area contributed by atoms with E-state index in [2.05, 4.69) is 5.32 Å². The van der Waals surface area contributed by atoms with E-state index >= 15 is 0 Å². The zero-order chi connectivity index (χ0) is 24.5. The number of nitrogens with zero attached hydrogens (tertiary/aromatic N) is 2. The molecule has 8 heteroatoms. The number of aryl methyl sites for hydroxylation is 1. The number of ketones is 1. The summed E-state index contributed by atoms with van der Waals surface area (Å²) in [5.74, 6) is -0.485. The summed E-state index contributed by atoms with van der Waals surface area (Å²) in [6.07, 6.45) is 3.45. The minimum absolute atomic E-state index is 0.326. The first-order chi connectivity index (χ1) is 16.3. The first-order valence-electron chi connectivity index (χ1n) is 11.4. The van der Waals surface area contributed by atoms with Gasteiger partial charge < -0.3 is 14.3 Å². The van der Waals surface area contributed by atoms with Crippen LogP contribution in [0.25, 0.3) is 0 Å². The minimum atomic E-state index is -1.31. The number of Topliss-reactive ketones (excluding diaryl/α,β-unsaturated/α-hetero) is 1. The maximum atomic E-state index is 13.5. The van der Waals surface area contributed by atoms with Crippen molar-refractivity contribution in [2.24, 2.45) is 0 Å². The molecular weight excluding hydrogens is 437 g/mol. The lowest BCUT2D eigenvalue weighted by molar-refractivity contribution is -0.131. The normalized spacial score (nSPS) is 17.9. The Hall–Kier alpha value is -3.68. The van der Waals surface area contributed by atoms with Crippen molar-refractivity contribution in [3.63, 3.8) is 0 Å². The molecule has 1 atom stereocenters. The quantitative estimate of drug-likeness (QED) is 0.367. The van der Waals surface area contributed by atoms with E-state index in [-0.39, 0.29) is 12.3 Å². The van der Waals surface area contributed by atoms with Crippen LogP contribution in [0.15, 0.2) is 53.1 Å². The van der Waals surface area contributed by atoms with Crippen LogP contribution in [0, 0.1) is 19.7 Å². The van der Waals surface area contributed by atoms with E-state index in [0.717, 1.165) is 28.5 Å². The SMILES string of the molecule is CCCCC1(c2ccc(F)cc2)NC(=O)N(CC(=O)c2cc(C)n(Cc3ccco3)c2C)C1=O. The molecule has 4 rings (SSSR count). The lowest BCUT2D eigenvalue weighted by Gasteiger charge is -2.27. The van der Waals surface area contributed by atoms with Gasteiger partial charge in [0.2, 0.25) is 0 Å². The van der Waals surface area contributed by atoms with Gasteiger partial charge in [0.1, 0.15) is 17.1 Å². The van der Waals surface area contributed by atoms with Crippen molar-refractivity contribution < 1.29 is 23.2 Å². The third-order valence-corrected chi connectivity index (χ3v) is 6.49. The number of hydrogen-bond acceptors (Lipinski definition) is 4. The molecule has 178 valence electrons. The van der Waals surface area contributed by atoms with E-state index in [9.17, 15) is 18.8 Å². The van der Waals surface area contributed by atoms with Gasteiger partial charge in [0.25, 0.3) is 5.91 Å². The van der Waals surface area contributed by atoms with E-state index in [1.54, 1.807) is 18.4 Å². The van der Waals surface area contributed by atoms with Crippen LogP contribution in [0.4, 0.5) is 9.18 Å². The van der Waals surface area contributed by atoms with Gasteiger partial charge >= 0.3 is 6.03 Å². The molecule has 34 heavy (non-hydrogen) atoms. The van der Waals surface area contributed by atoms with Gasteiger partial charge in [-0.25, -0.2) is 9.18 Å².